The fraction of sp³-hybridized carbons (Fsp3) is 0.632. The Kier molecular flexibility index (Phi) is 8.00. The van der Waals surface area contributed by atoms with E-state index >= 15 is 0 Å². The molecule has 2 atom stereocenters. The fourth-order valence-electron chi connectivity index (χ4n) is 2.43. The first-order valence-electron chi connectivity index (χ1n) is 8.50. The van der Waals surface area contributed by atoms with Crippen molar-refractivity contribution in [3.63, 3.8) is 0 Å². The highest BCUT2D eigenvalue weighted by Gasteiger charge is 2.17. The molecule has 124 valence electrons. The molecule has 3 nitrogen and oxygen atoms in total. The van der Waals surface area contributed by atoms with E-state index in [4.69, 9.17) is 4.74 Å². The number of rotatable bonds is 9. The van der Waals surface area contributed by atoms with Crippen molar-refractivity contribution in [1.29, 1.82) is 0 Å². The minimum absolute atomic E-state index is 0.0316. The van der Waals surface area contributed by atoms with Gasteiger partial charge in [-0.15, -0.1) is 0 Å². The quantitative estimate of drug-likeness (QED) is 0.734. The van der Waals surface area contributed by atoms with Gasteiger partial charge in [0.15, 0.2) is 6.10 Å². The minimum atomic E-state index is -0.468. The molecule has 0 aliphatic carbocycles. The summed E-state index contributed by atoms with van der Waals surface area (Å²) in [6.45, 7) is 11.0. The van der Waals surface area contributed by atoms with Crippen LogP contribution in [0.15, 0.2) is 18.2 Å². The van der Waals surface area contributed by atoms with E-state index in [1.807, 2.05) is 39.0 Å². The van der Waals surface area contributed by atoms with E-state index in [1.165, 1.54) is 24.8 Å². The molecule has 0 unspecified atom stereocenters. The third-order valence-electron chi connectivity index (χ3n) is 4.34. The summed E-state index contributed by atoms with van der Waals surface area (Å²) in [5.41, 5.74) is 2.27. The molecule has 1 amide bonds. The molecule has 1 aromatic rings. The summed E-state index contributed by atoms with van der Waals surface area (Å²) in [5.74, 6) is 1.33. The van der Waals surface area contributed by atoms with Crippen molar-refractivity contribution >= 4 is 5.91 Å². The monoisotopic (exact) mass is 305 g/mol. The Balaban J connectivity index is 2.49. The topological polar surface area (TPSA) is 38.3 Å². The normalized spacial score (nSPS) is 13.5. The molecule has 1 rings (SSSR count). The summed E-state index contributed by atoms with van der Waals surface area (Å²) in [4.78, 5) is 12.2. The second kappa shape index (κ2) is 9.50. The number of ether oxygens (including phenoxy) is 1. The summed E-state index contributed by atoms with van der Waals surface area (Å²) in [6, 6.07) is 5.93. The van der Waals surface area contributed by atoms with Crippen LogP contribution in [0.2, 0.25) is 0 Å². The van der Waals surface area contributed by atoms with Crippen molar-refractivity contribution < 1.29 is 9.53 Å². The molecule has 1 N–H and O–H groups in total. The summed E-state index contributed by atoms with van der Waals surface area (Å²) in [5, 5.41) is 3.03. The van der Waals surface area contributed by atoms with Gasteiger partial charge in [-0.25, -0.2) is 0 Å². The number of nitrogens with one attached hydrogen (secondary N) is 1. The molecule has 22 heavy (non-hydrogen) atoms. The zero-order valence-electron chi connectivity index (χ0n) is 14.7. The minimum Gasteiger partial charge on any atom is -0.481 e. The molecule has 0 fully saturated rings. The standard InChI is InChI=1S/C19H31NO2/c1-6-8-11-17(7-2)13-20-19(21)16(5)22-18-12-9-10-14(3)15(18)4/h9-10,12,16-17H,6-8,11,13H2,1-5H3,(H,20,21)/t16-,17+/m0/s1. The summed E-state index contributed by atoms with van der Waals surface area (Å²) in [6.07, 6.45) is 4.25. The zero-order chi connectivity index (χ0) is 16.5. The molecule has 0 saturated carbocycles. The largest absolute Gasteiger partial charge is 0.481 e. The maximum atomic E-state index is 12.2. The number of hydrogen-bond donors (Lipinski definition) is 1. The van der Waals surface area contributed by atoms with E-state index in [0.717, 1.165) is 24.3 Å². The van der Waals surface area contributed by atoms with Crippen molar-refractivity contribution in [3.8, 4) is 5.75 Å². The van der Waals surface area contributed by atoms with E-state index in [0.29, 0.717) is 5.92 Å². The predicted molar refractivity (Wildman–Crippen MR) is 92.3 cm³/mol. The number of aryl methyl sites for hydroxylation is 1. The van der Waals surface area contributed by atoms with Gasteiger partial charge in [0.1, 0.15) is 5.75 Å². The number of amides is 1. The van der Waals surface area contributed by atoms with Crippen molar-refractivity contribution in [3.05, 3.63) is 29.3 Å². The molecule has 3 heteroatoms. The first-order valence-corrected chi connectivity index (χ1v) is 8.50. The van der Waals surface area contributed by atoms with E-state index < -0.39 is 6.10 Å². The molecule has 0 bridgehead atoms. The van der Waals surface area contributed by atoms with Crippen LogP contribution in [0.25, 0.3) is 0 Å². The first kappa shape index (κ1) is 18.5. The highest BCUT2D eigenvalue weighted by atomic mass is 16.5. The molecular weight excluding hydrogens is 274 g/mol. The Morgan fingerprint density at radius 3 is 2.64 bits per heavy atom. The number of unbranched alkanes of at least 4 members (excludes halogenated alkanes) is 1. The van der Waals surface area contributed by atoms with Crippen LogP contribution in [0, 0.1) is 19.8 Å². The number of carbonyl (C=O) groups is 1. The zero-order valence-corrected chi connectivity index (χ0v) is 14.7. The second-order valence-electron chi connectivity index (χ2n) is 6.12. The lowest BCUT2D eigenvalue weighted by atomic mass is 9.99. The predicted octanol–water partition coefficient (Wildman–Crippen LogP) is 4.40. The lowest BCUT2D eigenvalue weighted by Gasteiger charge is -2.19. The van der Waals surface area contributed by atoms with Crippen molar-refractivity contribution in [2.75, 3.05) is 6.54 Å². The first-order chi connectivity index (χ1) is 10.5. The number of benzene rings is 1. The average molecular weight is 305 g/mol. The smallest absolute Gasteiger partial charge is 0.260 e. The van der Waals surface area contributed by atoms with Crippen LogP contribution in [-0.4, -0.2) is 18.6 Å². The highest BCUT2D eigenvalue weighted by molar-refractivity contribution is 5.80. The Labute approximate surface area is 135 Å². The van der Waals surface area contributed by atoms with Gasteiger partial charge in [0.05, 0.1) is 0 Å². The van der Waals surface area contributed by atoms with Gasteiger partial charge in [-0.2, -0.15) is 0 Å². The Morgan fingerprint density at radius 2 is 2.00 bits per heavy atom. The molecule has 0 aromatic heterocycles. The molecule has 0 aliphatic rings. The lowest BCUT2D eigenvalue weighted by molar-refractivity contribution is -0.127. The van der Waals surface area contributed by atoms with E-state index in [-0.39, 0.29) is 5.91 Å². The van der Waals surface area contributed by atoms with Gasteiger partial charge in [-0.3, -0.25) is 4.79 Å². The number of hydrogen-bond acceptors (Lipinski definition) is 2. The summed E-state index contributed by atoms with van der Waals surface area (Å²) < 4.78 is 5.82. The van der Waals surface area contributed by atoms with Crippen LogP contribution < -0.4 is 10.1 Å². The van der Waals surface area contributed by atoms with Crippen molar-refractivity contribution in [2.45, 2.75) is 66.4 Å². The molecule has 0 aliphatic heterocycles. The Hall–Kier alpha value is -1.51. The molecule has 0 heterocycles. The lowest BCUT2D eigenvalue weighted by Crippen LogP contribution is -2.39. The maximum absolute atomic E-state index is 12.2. The van der Waals surface area contributed by atoms with E-state index in [9.17, 15) is 4.79 Å². The molecule has 0 radical (unpaired) electrons. The van der Waals surface area contributed by atoms with Gasteiger partial charge >= 0.3 is 0 Å². The van der Waals surface area contributed by atoms with Crippen molar-refractivity contribution in [1.82, 2.24) is 5.32 Å². The van der Waals surface area contributed by atoms with Gasteiger partial charge in [0.2, 0.25) is 0 Å². The van der Waals surface area contributed by atoms with Crippen LogP contribution in [0.5, 0.6) is 5.75 Å². The SMILES string of the molecule is CCCC[C@@H](CC)CNC(=O)[C@H](C)Oc1cccc(C)c1C. The Morgan fingerprint density at radius 1 is 1.27 bits per heavy atom. The Bertz CT molecular complexity index is 471. The van der Waals surface area contributed by atoms with Gasteiger partial charge in [-0.05, 0) is 50.3 Å². The molecular formula is C19H31NO2. The van der Waals surface area contributed by atoms with Gasteiger partial charge in [-0.1, -0.05) is 45.2 Å². The summed E-state index contributed by atoms with van der Waals surface area (Å²) >= 11 is 0. The third-order valence-corrected chi connectivity index (χ3v) is 4.34. The molecule has 0 saturated heterocycles. The second-order valence-corrected chi connectivity index (χ2v) is 6.12. The van der Waals surface area contributed by atoms with E-state index in [2.05, 4.69) is 19.2 Å². The van der Waals surface area contributed by atoms with Crippen LogP contribution >= 0.6 is 0 Å². The average Bonchev–Trinajstić information content (AvgIpc) is 2.51. The van der Waals surface area contributed by atoms with Crippen LogP contribution in [0.3, 0.4) is 0 Å². The number of carbonyl (C=O) groups excluding carboxylic acids is 1. The molecule has 0 spiro atoms. The van der Waals surface area contributed by atoms with Crippen LogP contribution in [-0.2, 0) is 4.79 Å². The van der Waals surface area contributed by atoms with Crippen molar-refractivity contribution in [2.24, 2.45) is 5.92 Å². The van der Waals surface area contributed by atoms with E-state index in [1.54, 1.807) is 0 Å². The third kappa shape index (κ3) is 5.70. The fourth-order valence-corrected chi connectivity index (χ4v) is 2.43. The van der Waals surface area contributed by atoms with Gasteiger partial charge in [0.25, 0.3) is 5.91 Å². The van der Waals surface area contributed by atoms with Gasteiger partial charge in [0, 0.05) is 6.54 Å². The highest BCUT2D eigenvalue weighted by Crippen LogP contribution is 2.21. The maximum Gasteiger partial charge on any atom is 0.260 e. The van der Waals surface area contributed by atoms with Gasteiger partial charge < -0.3 is 10.1 Å². The van der Waals surface area contributed by atoms with Crippen LogP contribution in [0.1, 0.15) is 57.6 Å². The van der Waals surface area contributed by atoms with Crippen LogP contribution in [0.4, 0.5) is 0 Å². The molecule has 1 aromatic carbocycles. The summed E-state index contributed by atoms with van der Waals surface area (Å²) in [7, 11) is 0.